The van der Waals surface area contributed by atoms with Gasteiger partial charge in [0.1, 0.15) is 11.6 Å². The molecule has 4 nitrogen and oxygen atoms in total. The molecular weight excluding hydrogens is 295 g/mol. The Hall–Kier alpha value is -2.69. The molecule has 0 fully saturated rings. The summed E-state index contributed by atoms with van der Waals surface area (Å²) in [6.07, 6.45) is -0.0418. The molecule has 0 aliphatic heterocycles. The number of nitrogens with zero attached hydrogens (tertiary/aromatic N) is 2. The first-order chi connectivity index (χ1) is 11.0. The fraction of sp³-hybridized carbons (Fsp3) is 0.222. The average Bonchev–Trinajstić information content (AvgIpc) is 2.83. The second-order valence-electron chi connectivity index (χ2n) is 5.64. The monoisotopic (exact) mass is 312 g/mol. The molecule has 0 unspecified atom stereocenters. The smallest absolute Gasteiger partial charge is 0.305 e. The van der Waals surface area contributed by atoms with E-state index in [1.807, 2.05) is 26.0 Å². The number of imidazole rings is 1. The van der Waals surface area contributed by atoms with E-state index in [1.54, 1.807) is 22.8 Å². The van der Waals surface area contributed by atoms with Gasteiger partial charge in [-0.2, -0.15) is 0 Å². The molecule has 23 heavy (non-hydrogen) atoms. The summed E-state index contributed by atoms with van der Waals surface area (Å²) in [5.74, 6) is -0.799. The fourth-order valence-electron chi connectivity index (χ4n) is 2.66. The minimum Gasteiger partial charge on any atom is -0.481 e. The number of fused-ring (bicyclic) bond motifs is 1. The van der Waals surface area contributed by atoms with Gasteiger partial charge in [-0.15, -0.1) is 0 Å². The van der Waals surface area contributed by atoms with Gasteiger partial charge in [0.25, 0.3) is 0 Å². The van der Waals surface area contributed by atoms with Crippen LogP contribution >= 0.6 is 0 Å². The van der Waals surface area contributed by atoms with E-state index in [-0.39, 0.29) is 18.8 Å². The summed E-state index contributed by atoms with van der Waals surface area (Å²) in [5, 5.41) is 8.99. The molecule has 0 radical (unpaired) electrons. The molecule has 0 bridgehead atoms. The first kappa shape index (κ1) is 15.2. The van der Waals surface area contributed by atoms with E-state index in [0.29, 0.717) is 11.4 Å². The molecule has 1 aromatic heterocycles. The van der Waals surface area contributed by atoms with Gasteiger partial charge in [-0.25, -0.2) is 9.37 Å². The van der Waals surface area contributed by atoms with Crippen LogP contribution in [0.2, 0.25) is 0 Å². The van der Waals surface area contributed by atoms with Crippen molar-refractivity contribution >= 4 is 17.0 Å². The van der Waals surface area contributed by atoms with E-state index in [4.69, 9.17) is 5.11 Å². The Labute approximate surface area is 133 Å². The number of aromatic nitrogens is 2. The van der Waals surface area contributed by atoms with Crippen molar-refractivity contribution in [3.63, 3.8) is 0 Å². The summed E-state index contributed by atoms with van der Waals surface area (Å²) < 4.78 is 16.0. The highest BCUT2D eigenvalue weighted by molar-refractivity contribution is 5.82. The summed E-state index contributed by atoms with van der Waals surface area (Å²) in [7, 11) is 0. The van der Waals surface area contributed by atoms with Crippen molar-refractivity contribution in [2.75, 3.05) is 0 Å². The maximum absolute atomic E-state index is 14.2. The number of hydrogen-bond acceptors (Lipinski definition) is 2. The van der Waals surface area contributed by atoms with Gasteiger partial charge in [0.15, 0.2) is 0 Å². The minimum atomic E-state index is -0.893. The molecule has 0 spiro atoms. The van der Waals surface area contributed by atoms with Crippen LogP contribution in [0.3, 0.4) is 0 Å². The van der Waals surface area contributed by atoms with Crippen LogP contribution in [0.15, 0.2) is 36.4 Å². The first-order valence-electron chi connectivity index (χ1n) is 7.41. The van der Waals surface area contributed by atoms with Crippen molar-refractivity contribution < 1.29 is 14.3 Å². The highest BCUT2D eigenvalue weighted by Crippen LogP contribution is 2.28. The number of hydrogen-bond donors (Lipinski definition) is 1. The van der Waals surface area contributed by atoms with Gasteiger partial charge in [0.2, 0.25) is 0 Å². The second kappa shape index (κ2) is 5.83. The molecule has 0 aliphatic carbocycles. The van der Waals surface area contributed by atoms with Gasteiger partial charge >= 0.3 is 5.97 Å². The Bertz CT molecular complexity index is 899. The van der Waals surface area contributed by atoms with Gasteiger partial charge in [0.05, 0.1) is 23.0 Å². The Morgan fingerprint density at radius 2 is 1.91 bits per heavy atom. The molecule has 0 aliphatic rings. The molecule has 1 N–H and O–H groups in total. The lowest BCUT2D eigenvalue weighted by Crippen LogP contribution is -2.06. The van der Waals surface area contributed by atoms with Crippen molar-refractivity contribution in [1.29, 1.82) is 0 Å². The predicted molar refractivity (Wildman–Crippen MR) is 86.9 cm³/mol. The topological polar surface area (TPSA) is 55.1 Å². The molecular formula is C18H17FN2O2. The number of rotatable bonds is 4. The molecule has 3 rings (SSSR count). The molecule has 2 aromatic carbocycles. The van der Waals surface area contributed by atoms with Crippen LogP contribution in [0, 0.1) is 19.7 Å². The van der Waals surface area contributed by atoms with Crippen LogP contribution in [0.25, 0.3) is 22.4 Å². The second-order valence-corrected chi connectivity index (χ2v) is 5.64. The predicted octanol–water partition coefficient (Wildman–Crippen LogP) is 3.93. The number of carboxylic acid groups (broad SMARTS) is 1. The number of carboxylic acids is 1. The normalized spacial score (nSPS) is 11.1. The molecule has 0 saturated heterocycles. The summed E-state index contributed by atoms with van der Waals surface area (Å²) in [6, 6.07) is 10.3. The molecule has 5 heteroatoms. The van der Waals surface area contributed by atoms with Crippen LogP contribution < -0.4 is 0 Å². The molecule has 3 aromatic rings. The summed E-state index contributed by atoms with van der Waals surface area (Å²) in [5.41, 5.74) is 4.14. The number of benzene rings is 2. The lowest BCUT2D eigenvalue weighted by Gasteiger charge is -2.09. The van der Waals surface area contributed by atoms with Crippen LogP contribution in [0.5, 0.6) is 0 Å². The van der Waals surface area contributed by atoms with E-state index >= 15 is 0 Å². The molecule has 0 amide bonds. The lowest BCUT2D eigenvalue weighted by molar-refractivity contribution is -0.137. The fourth-order valence-corrected chi connectivity index (χ4v) is 2.66. The summed E-state index contributed by atoms with van der Waals surface area (Å²) in [6.45, 7) is 4.23. The zero-order valence-electron chi connectivity index (χ0n) is 13.0. The standard InChI is InChI=1S/C18H17FN2O2/c1-11-9-15-16(10-12(11)2)21(8-7-17(22)23)18(20-15)13-5-3-4-6-14(13)19/h3-6,9-10H,7-8H2,1-2H3,(H,22,23). The first-order valence-corrected chi connectivity index (χ1v) is 7.41. The highest BCUT2D eigenvalue weighted by atomic mass is 19.1. The third-order valence-electron chi connectivity index (χ3n) is 4.03. The van der Waals surface area contributed by atoms with E-state index in [0.717, 1.165) is 22.2 Å². The average molecular weight is 312 g/mol. The SMILES string of the molecule is Cc1cc2nc(-c3ccccc3F)n(CCC(=O)O)c2cc1C. The molecule has 0 atom stereocenters. The van der Waals surface area contributed by atoms with E-state index in [2.05, 4.69) is 4.98 Å². The van der Waals surface area contributed by atoms with Crippen molar-refractivity contribution in [3.8, 4) is 11.4 Å². The quantitative estimate of drug-likeness (QED) is 0.794. The van der Waals surface area contributed by atoms with Crippen LogP contribution in [-0.4, -0.2) is 20.6 Å². The van der Waals surface area contributed by atoms with Gasteiger partial charge < -0.3 is 9.67 Å². The Balaban J connectivity index is 2.25. The lowest BCUT2D eigenvalue weighted by atomic mass is 10.1. The van der Waals surface area contributed by atoms with Crippen LogP contribution in [0.1, 0.15) is 17.5 Å². The van der Waals surface area contributed by atoms with E-state index in [1.165, 1.54) is 6.07 Å². The van der Waals surface area contributed by atoms with Crippen molar-refractivity contribution in [1.82, 2.24) is 9.55 Å². The van der Waals surface area contributed by atoms with E-state index < -0.39 is 5.97 Å². The number of aliphatic carboxylic acids is 1. The summed E-state index contributed by atoms with van der Waals surface area (Å²) in [4.78, 5) is 15.5. The van der Waals surface area contributed by atoms with Crippen LogP contribution in [0.4, 0.5) is 4.39 Å². The van der Waals surface area contributed by atoms with Gasteiger partial charge in [-0.1, -0.05) is 12.1 Å². The van der Waals surface area contributed by atoms with E-state index in [9.17, 15) is 9.18 Å². The van der Waals surface area contributed by atoms with Crippen molar-refractivity contribution in [2.24, 2.45) is 0 Å². The number of aryl methyl sites for hydroxylation is 3. The van der Waals surface area contributed by atoms with Crippen molar-refractivity contribution in [3.05, 3.63) is 53.3 Å². The van der Waals surface area contributed by atoms with Gasteiger partial charge in [0, 0.05) is 6.54 Å². The maximum Gasteiger partial charge on any atom is 0.305 e. The van der Waals surface area contributed by atoms with Crippen LogP contribution in [-0.2, 0) is 11.3 Å². The summed E-state index contributed by atoms with van der Waals surface area (Å²) >= 11 is 0. The van der Waals surface area contributed by atoms with Crippen molar-refractivity contribution in [2.45, 2.75) is 26.8 Å². The maximum atomic E-state index is 14.2. The Kier molecular flexibility index (Phi) is 3.86. The Morgan fingerprint density at radius 1 is 1.22 bits per heavy atom. The molecule has 1 heterocycles. The minimum absolute atomic E-state index is 0.0418. The van der Waals surface area contributed by atoms with Gasteiger partial charge in [-0.3, -0.25) is 4.79 Å². The molecule has 0 saturated carbocycles. The zero-order valence-corrected chi connectivity index (χ0v) is 13.0. The number of carbonyl (C=O) groups is 1. The number of halogens is 1. The Morgan fingerprint density at radius 3 is 2.61 bits per heavy atom. The largest absolute Gasteiger partial charge is 0.481 e. The molecule has 118 valence electrons. The van der Waals surface area contributed by atoms with Gasteiger partial charge in [-0.05, 0) is 49.2 Å². The zero-order chi connectivity index (χ0) is 16.6. The third kappa shape index (κ3) is 2.82. The third-order valence-corrected chi connectivity index (χ3v) is 4.03. The highest BCUT2D eigenvalue weighted by Gasteiger charge is 2.17.